The number of carboxylic acids is 1. The molecule has 0 saturated carbocycles. The topological polar surface area (TPSA) is 37.3 Å². The second-order valence-corrected chi connectivity index (χ2v) is 4.03. The zero-order valence-corrected chi connectivity index (χ0v) is 9.12. The maximum Gasteiger partial charge on any atom is 0.306 e. The number of unbranched alkanes of at least 4 members (excludes halogenated alkanes) is 2. The van der Waals surface area contributed by atoms with E-state index in [1.54, 1.807) is 6.92 Å². The molecule has 2 nitrogen and oxygen atoms in total. The average molecular weight is 196 g/mol. The van der Waals surface area contributed by atoms with Crippen molar-refractivity contribution in [3.05, 3.63) is 0 Å². The molecule has 0 aromatic rings. The Morgan fingerprint density at radius 1 is 1.43 bits per heavy atom. The van der Waals surface area contributed by atoms with E-state index in [1.165, 1.54) is 0 Å². The first kappa shape index (κ1) is 13.0. The fraction of sp³-hybridized carbons (Fsp3) is 0.750. The van der Waals surface area contributed by atoms with Gasteiger partial charge in [-0.2, -0.15) is 0 Å². The van der Waals surface area contributed by atoms with Crippen molar-refractivity contribution in [2.24, 2.45) is 11.8 Å². The number of hydrogen-bond acceptors (Lipinski definition) is 1. The van der Waals surface area contributed by atoms with Gasteiger partial charge in [-0.25, -0.2) is 0 Å². The molecule has 0 aliphatic carbocycles. The zero-order chi connectivity index (χ0) is 11.0. The van der Waals surface area contributed by atoms with Crippen molar-refractivity contribution < 1.29 is 9.90 Å². The largest absolute Gasteiger partial charge is 0.481 e. The van der Waals surface area contributed by atoms with Gasteiger partial charge < -0.3 is 5.11 Å². The van der Waals surface area contributed by atoms with E-state index in [1.807, 2.05) is 0 Å². The lowest BCUT2D eigenvalue weighted by atomic mass is 9.93. The van der Waals surface area contributed by atoms with Crippen molar-refractivity contribution >= 4 is 5.97 Å². The van der Waals surface area contributed by atoms with Gasteiger partial charge in [0.2, 0.25) is 0 Å². The van der Waals surface area contributed by atoms with Crippen LogP contribution in [0.1, 0.15) is 46.0 Å². The number of hydrogen-bond donors (Lipinski definition) is 1. The van der Waals surface area contributed by atoms with Crippen LogP contribution >= 0.6 is 0 Å². The first-order valence-electron chi connectivity index (χ1n) is 5.24. The predicted octanol–water partition coefficient (Wildman–Crippen LogP) is 2.93. The van der Waals surface area contributed by atoms with Crippen molar-refractivity contribution in [3.63, 3.8) is 0 Å². The van der Waals surface area contributed by atoms with E-state index in [4.69, 9.17) is 11.5 Å². The van der Waals surface area contributed by atoms with Crippen LogP contribution < -0.4 is 0 Å². The summed E-state index contributed by atoms with van der Waals surface area (Å²) in [6.07, 6.45) is 9.99. The van der Waals surface area contributed by atoms with E-state index in [0.29, 0.717) is 5.92 Å². The summed E-state index contributed by atoms with van der Waals surface area (Å²) in [6.45, 7) is 3.87. The van der Waals surface area contributed by atoms with Gasteiger partial charge in [0.15, 0.2) is 0 Å². The highest BCUT2D eigenvalue weighted by Crippen LogP contribution is 2.18. The van der Waals surface area contributed by atoms with Gasteiger partial charge in [0.05, 0.1) is 5.92 Å². The van der Waals surface area contributed by atoms with Gasteiger partial charge in [-0.05, 0) is 18.8 Å². The fourth-order valence-electron chi connectivity index (χ4n) is 1.54. The Labute approximate surface area is 86.7 Å². The Bertz CT molecular complexity index is 203. The van der Waals surface area contributed by atoms with Crippen molar-refractivity contribution in [2.75, 3.05) is 0 Å². The Kier molecular flexibility index (Phi) is 6.92. The first-order valence-corrected chi connectivity index (χ1v) is 5.24. The number of aliphatic carboxylic acids is 1. The second-order valence-electron chi connectivity index (χ2n) is 4.03. The smallest absolute Gasteiger partial charge is 0.306 e. The summed E-state index contributed by atoms with van der Waals surface area (Å²) in [5.41, 5.74) is 0. The van der Waals surface area contributed by atoms with Crippen LogP contribution in [0, 0.1) is 24.2 Å². The van der Waals surface area contributed by atoms with Crippen molar-refractivity contribution in [3.8, 4) is 12.3 Å². The Morgan fingerprint density at radius 2 is 2.07 bits per heavy atom. The van der Waals surface area contributed by atoms with Crippen molar-refractivity contribution in [1.82, 2.24) is 0 Å². The SMILES string of the molecule is C#CCCCC[C@H](C)C[C@@H](C)C(=O)O. The Balaban J connectivity index is 3.50. The van der Waals surface area contributed by atoms with Crippen LogP contribution in [0.25, 0.3) is 0 Å². The minimum atomic E-state index is -0.694. The summed E-state index contributed by atoms with van der Waals surface area (Å²) >= 11 is 0. The summed E-state index contributed by atoms with van der Waals surface area (Å²) in [5, 5.41) is 8.71. The third-order valence-electron chi connectivity index (χ3n) is 2.45. The fourth-order valence-corrected chi connectivity index (χ4v) is 1.54. The Morgan fingerprint density at radius 3 is 2.57 bits per heavy atom. The molecule has 14 heavy (non-hydrogen) atoms. The molecule has 2 heteroatoms. The van der Waals surface area contributed by atoms with E-state index >= 15 is 0 Å². The molecule has 0 unspecified atom stereocenters. The van der Waals surface area contributed by atoms with Crippen molar-refractivity contribution in [2.45, 2.75) is 46.0 Å². The zero-order valence-electron chi connectivity index (χ0n) is 9.12. The van der Waals surface area contributed by atoms with E-state index in [-0.39, 0.29) is 5.92 Å². The molecule has 0 aliphatic heterocycles. The summed E-state index contributed by atoms with van der Waals surface area (Å²) in [4.78, 5) is 10.6. The minimum Gasteiger partial charge on any atom is -0.481 e. The lowest BCUT2D eigenvalue weighted by molar-refractivity contribution is -0.141. The highest BCUT2D eigenvalue weighted by molar-refractivity contribution is 5.69. The maximum absolute atomic E-state index is 10.6. The molecule has 0 aromatic heterocycles. The molecule has 2 atom stereocenters. The molecule has 0 bridgehead atoms. The van der Waals surface area contributed by atoms with Crippen LogP contribution in [0.15, 0.2) is 0 Å². The first-order chi connectivity index (χ1) is 6.57. The standard InChI is InChI=1S/C12H20O2/c1-4-5-6-7-8-10(2)9-11(3)12(13)14/h1,10-11H,5-9H2,2-3H3,(H,13,14)/t10-,11+/m0/s1. The second kappa shape index (κ2) is 7.44. The van der Waals surface area contributed by atoms with Gasteiger partial charge >= 0.3 is 5.97 Å². The maximum atomic E-state index is 10.6. The Hall–Kier alpha value is -0.970. The molecule has 1 N–H and O–H groups in total. The van der Waals surface area contributed by atoms with Gasteiger partial charge in [-0.3, -0.25) is 4.79 Å². The summed E-state index contributed by atoms with van der Waals surface area (Å²) in [7, 11) is 0. The van der Waals surface area contributed by atoms with E-state index in [9.17, 15) is 4.79 Å². The molecule has 80 valence electrons. The molecule has 0 rings (SSSR count). The lowest BCUT2D eigenvalue weighted by Crippen LogP contribution is -2.13. The summed E-state index contributed by atoms with van der Waals surface area (Å²) in [5.74, 6) is 2.17. The summed E-state index contributed by atoms with van der Waals surface area (Å²) in [6, 6.07) is 0. The van der Waals surface area contributed by atoms with Gasteiger partial charge in [-0.15, -0.1) is 12.3 Å². The molecule has 0 fully saturated rings. The normalized spacial score (nSPS) is 14.4. The van der Waals surface area contributed by atoms with Crippen molar-refractivity contribution in [1.29, 1.82) is 0 Å². The van der Waals surface area contributed by atoms with Gasteiger partial charge in [0, 0.05) is 6.42 Å². The van der Waals surface area contributed by atoms with Crippen LogP contribution in [0.5, 0.6) is 0 Å². The number of carbonyl (C=O) groups is 1. The van der Waals surface area contributed by atoms with Crippen LogP contribution in [0.4, 0.5) is 0 Å². The van der Waals surface area contributed by atoms with Crippen LogP contribution in [-0.2, 0) is 4.79 Å². The van der Waals surface area contributed by atoms with Crippen LogP contribution in [-0.4, -0.2) is 11.1 Å². The molecule has 0 radical (unpaired) electrons. The molecule has 0 amide bonds. The van der Waals surface area contributed by atoms with E-state index in [2.05, 4.69) is 12.8 Å². The van der Waals surface area contributed by atoms with Gasteiger partial charge in [0.25, 0.3) is 0 Å². The van der Waals surface area contributed by atoms with Crippen LogP contribution in [0.2, 0.25) is 0 Å². The third-order valence-corrected chi connectivity index (χ3v) is 2.45. The molecular weight excluding hydrogens is 176 g/mol. The quantitative estimate of drug-likeness (QED) is 0.502. The van der Waals surface area contributed by atoms with Crippen LogP contribution in [0.3, 0.4) is 0 Å². The monoisotopic (exact) mass is 196 g/mol. The molecule has 0 heterocycles. The minimum absolute atomic E-state index is 0.224. The number of terminal acetylenes is 1. The highest BCUT2D eigenvalue weighted by atomic mass is 16.4. The molecule has 0 saturated heterocycles. The molecule has 0 aromatic carbocycles. The number of rotatable bonds is 7. The predicted molar refractivity (Wildman–Crippen MR) is 57.9 cm³/mol. The lowest BCUT2D eigenvalue weighted by Gasteiger charge is -2.13. The van der Waals surface area contributed by atoms with Gasteiger partial charge in [-0.1, -0.05) is 26.7 Å². The summed E-state index contributed by atoms with van der Waals surface area (Å²) < 4.78 is 0. The van der Waals surface area contributed by atoms with E-state index in [0.717, 1.165) is 32.1 Å². The molecule has 0 spiro atoms. The third kappa shape index (κ3) is 6.54. The molecule has 0 aliphatic rings. The number of carboxylic acid groups (broad SMARTS) is 1. The highest BCUT2D eigenvalue weighted by Gasteiger charge is 2.14. The van der Waals surface area contributed by atoms with E-state index < -0.39 is 5.97 Å². The average Bonchev–Trinajstić information content (AvgIpc) is 2.12. The molecular formula is C12H20O2. The van der Waals surface area contributed by atoms with Gasteiger partial charge in [0.1, 0.15) is 0 Å².